The predicted octanol–water partition coefficient (Wildman–Crippen LogP) is 3.94. The van der Waals surface area contributed by atoms with Crippen LogP contribution in [-0.2, 0) is 0 Å². The molecule has 0 bridgehead atoms. The number of carbonyl (C=O) groups is 1. The van der Waals surface area contributed by atoms with Crippen LogP contribution in [0.15, 0.2) is 54.6 Å². The highest BCUT2D eigenvalue weighted by atomic mass is 35.5. The van der Waals surface area contributed by atoms with E-state index in [1.807, 2.05) is 0 Å². The van der Waals surface area contributed by atoms with Crippen molar-refractivity contribution in [3.05, 3.63) is 70.8 Å². The normalized spacial score (nSPS) is 10.7. The number of allylic oxidation sites excluding steroid dienone is 1. The van der Waals surface area contributed by atoms with Crippen LogP contribution in [0.2, 0.25) is 5.02 Å². The summed E-state index contributed by atoms with van der Waals surface area (Å²) in [4.78, 5) is 11.9. The van der Waals surface area contributed by atoms with Gasteiger partial charge in [-0.1, -0.05) is 41.9 Å². The van der Waals surface area contributed by atoms with Crippen molar-refractivity contribution in [2.45, 2.75) is 0 Å². The van der Waals surface area contributed by atoms with Gasteiger partial charge in [0.1, 0.15) is 5.75 Å². The van der Waals surface area contributed by atoms with Crippen LogP contribution in [0.4, 0.5) is 0 Å². The molecule has 18 heavy (non-hydrogen) atoms. The van der Waals surface area contributed by atoms with Crippen molar-refractivity contribution >= 4 is 23.5 Å². The molecule has 0 aromatic heterocycles. The van der Waals surface area contributed by atoms with Crippen molar-refractivity contribution in [1.29, 1.82) is 0 Å². The lowest BCUT2D eigenvalue weighted by atomic mass is 10.1. The first kappa shape index (κ1) is 12.4. The molecule has 0 unspecified atom stereocenters. The van der Waals surface area contributed by atoms with Crippen LogP contribution in [0.5, 0.6) is 5.75 Å². The third kappa shape index (κ3) is 2.99. The third-order valence-corrected chi connectivity index (χ3v) is 2.79. The van der Waals surface area contributed by atoms with Gasteiger partial charge in [0.15, 0.2) is 5.78 Å². The van der Waals surface area contributed by atoms with E-state index in [1.54, 1.807) is 54.6 Å². The quantitative estimate of drug-likeness (QED) is 0.669. The highest BCUT2D eigenvalue weighted by molar-refractivity contribution is 6.34. The number of carbonyl (C=O) groups excluding carboxylic acids is 1. The highest BCUT2D eigenvalue weighted by Gasteiger charge is 2.05. The van der Waals surface area contributed by atoms with Crippen LogP contribution in [-0.4, -0.2) is 10.9 Å². The summed E-state index contributed by atoms with van der Waals surface area (Å²) in [7, 11) is 0. The zero-order valence-corrected chi connectivity index (χ0v) is 10.3. The summed E-state index contributed by atoms with van der Waals surface area (Å²) in [6.45, 7) is 0. The zero-order chi connectivity index (χ0) is 13.0. The van der Waals surface area contributed by atoms with Gasteiger partial charge in [0, 0.05) is 5.56 Å². The first-order valence-corrected chi connectivity index (χ1v) is 5.80. The SMILES string of the molecule is O=C(/C=C/c1ccc(O)cc1)c1ccccc1Cl. The van der Waals surface area contributed by atoms with E-state index in [2.05, 4.69) is 0 Å². The molecule has 0 saturated carbocycles. The van der Waals surface area contributed by atoms with Crippen molar-refractivity contribution in [1.82, 2.24) is 0 Å². The van der Waals surface area contributed by atoms with Gasteiger partial charge in [0.25, 0.3) is 0 Å². The number of aromatic hydroxyl groups is 1. The number of halogens is 1. The lowest BCUT2D eigenvalue weighted by Gasteiger charge is -1.98. The molecular weight excluding hydrogens is 248 g/mol. The van der Waals surface area contributed by atoms with E-state index < -0.39 is 0 Å². The number of ketones is 1. The Morgan fingerprint density at radius 2 is 1.72 bits per heavy atom. The topological polar surface area (TPSA) is 37.3 Å². The van der Waals surface area contributed by atoms with E-state index >= 15 is 0 Å². The van der Waals surface area contributed by atoms with Crippen molar-refractivity contribution in [3.63, 3.8) is 0 Å². The lowest BCUT2D eigenvalue weighted by molar-refractivity contribution is 0.104. The molecule has 0 atom stereocenters. The minimum atomic E-state index is -0.145. The average Bonchev–Trinajstić information content (AvgIpc) is 2.38. The van der Waals surface area contributed by atoms with Gasteiger partial charge >= 0.3 is 0 Å². The number of phenolic OH excluding ortho intramolecular Hbond substituents is 1. The lowest BCUT2D eigenvalue weighted by Crippen LogP contribution is -1.94. The molecule has 90 valence electrons. The monoisotopic (exact) mass is 258 g/mol. The summed E-state index contributed by atoms with van der Waals surface area (Å²) in [5.41, 5.74) is 1.32. The Bertz CT molecular complexity index is 586. The maximum Gasteiger partial charge on any atom is 0.187 e. The van der Waals surface area contributed by atoms with E-state index in [4.69, 9.17) is 16.7 Å². The molecule has 0 amide bonds. The van der Waals surface area contributed by atoms with E-state index in [0.29, 0.717) is 10.6 Å². The highest BCUT2D eigenvalue weighted by Crippen LogP contribution is 2.17. The number of benzene rings is 2. The summed E-state index contributed by atoms with van der Waals surface area (Å²) in [5, 5.41) is 9.58. The van der Waals surface area contributed by atoms with Gasteiger partial charge in [0.2, 0.25) is 0 Å². The fourth-order valence-electron chi connectivity index (χ4n) is 1.51. The summed E-state index contributed by atoms with van der Waals surface area (Å²) >= 11 is 5.93. The number of rotatable bonds is 3. The van der Waals surface area contributed by atoms with E-state index in [9.17, 15) is 4.79 Å². The molecule has 2 aromatic carbocycles. The summed E-state index contributed by atoms with van der Waals surface area (Å²) in [5.74, 6) is 0.0539. The van der Waals surface area contributed by atoms with Crippen molar-refractivity contribution in [3.8, 4) is 5.75 Å². The predicted molar refractivity (Wildman–Crippen MR) is 72.9 cm³/mol. The van der Waals surface area contributed by atoms with Crippen LogP contribution in [0.3, 0.4) is 0 Å². The van der Waals surface area contributed by atoms with Gasteiger partial charge in [0.05, 0.1) is 5.02 Å². The summed E-state index contributed by atoms with van der Waals surface area (Å²) in [6.07, 6.45) is 3.15. The Morgan fingerprint density at radius 1 is 1.06 bits per heavy atom. The van der Waals surface area contributed by atoms with Crippen LogP contribution >= 0.6 is 11.6 Å². The van der Waals surface area contributed by atoms with Crippen molar-refractivity contribution in [2.24, 2.45) is 0 Å². The van der Waals surface area contributed by atoms with E-state index in [-0.39, 0.29) is 11.5 Å². The Labute approximate surface area is 110 Å². The molecule has 1 N–H and O–H groups in total. The second-order valence-electron chi connectivity index (χ2n) is 3.77. The van der Waals surface area contributed by atoms with Gasteiger partial charge < -0.3 is 5.11 Å². The van der Waals surface area contributed by atoms with Crippen molar-refractivity contribution < 1.29 is 9.90 Å². The fourth-order valence-corrected chi connectivity index (χ4v) is 1.74. The molecule has 0 aliphatic carbocycles. The molecule has 3 heteroatoms. The maximum absolute atomic E-state index is 11.9. The summed E-state index contributed by atoms with van der Waals surface area (Å²) in [6, 6.07) is 13.5. The molecule has 2 nitrogen and oxygen atoms in total. The molecule has 0 heterocycles. The fraction of sp³-hybridized carbons (Fsp3) is 0. The minimum Gasteiger partial charge on any atom is -0.508 e. The van der Waals surface area contributed by atoms with Crippen LogP contribution in [0, 0.1) is 0 Å². The Morgan fingerprint density at radius 3 is 2.39 bits per heavy atom. The van der Waals surface area contributed by atoms with Crippen LogP contribution in [0.1, 0.15) is 15.9 Å². The van der Waals surface area contributed by atoms with Gasteiger partial charge in [-0.05, 0) is 35.9 Å². The van der Waals surface area contributed by atoms with Crippen molar-refractivity contribution in [2.75, 3.05) is 0 Å². The van der Waals surface area contributed by atoms with E-state index in [1.165, 1.54) is 6.08 Å². The van der Waals surface area contributed by atoms with Gasteiger partial charge in [-0.3, -0.25) is 4.79 Å². The Kier molecular flexibility index (Phi) is 3.80. The van der Waals surface area contributed by atoms with Crippen LogP contribution < -0.4 is 0 Å². The minimum absolute atomic E-state index is 0.145. The molecule has 0 spiro atoms. The largest absolute Gasteiger partial charge is 0.508 e. The average molecular weight is 259 g/mol. The standard InChI is InChI=1S/C15H11ClO2/c16-14-4-2-1-3-13(14)15(18)10-7-11-5-8-12(17)9-6-11/h1-10,17H/b10-7+. The smallest absolute Gasteiger partial charge is 0.187 e. The molecular formula is C15H11ClO2. The maximum atomic E-state index is 11.9. The molecule has 0 radical (unpaired) electrons. The number of phenols is 1. The number of hydrogen-bond acceptors (Lipinski definition) is 2. The van der Waals surface area contributed by atoms with Gasteiger partial charge in [-0.25, -0.2) is 0 Å². The second kappa shape index (κ2) is 5.52. The van der Waals surface area contributed by atoms with Gasteiger partial charge in [-0.15, -0.1) is 0 Å². The molecule has 0 aliphatic rings. The third-order valence-electron chi connectivity index (χ3n) is 2.46. The van der Waals surface area contributed by atoms with Crippen LogP contribution in [0.25, 0.3) is 6.08 Å². The first-order valence-electron chi connectivity index (χ1n) is 5.43. The second-order valence-corrected chi connectivity index (χ2v) is 4.18. The molecule has 0 saturated heterocycles. The molecule has 2 rings (SSSR count). The zero-order valence-electron chi connectivity index (χ0n) is 9.51. The van der Waals surface area contributed by atoms with Gasteiger partial charge in [-0.2, -0.15) is 0 Å². The molecule has 0 fully saturated rings. The Hall–Kier alpha value is -2.06. The number of hydrogen-bond donors (Lipinski definition) is 1. The Balaban J connectivity index is 2.17. The first-order chi connectivity index (χ1) is 8.66. The van der Waals surface area contributed by atoms with E-state index in [0.717, 1.165) is 5.56 Å². The molecule has 2 aromatic rings. The molecule has 0 aliphatic heterocycles. The summed E-state index contributed by atoms with van der Waals surface area (Å²) < 4.78 is 0.